The van der Waals surface area contributed by atoms with Crippen molar-refractivity contribution < 1.29 is 19.3 Å². The zero-order valence-electron chi connectivity index (χ0n) is 13.6. The quantitative estimate of drug-likeness (QED) is 0.786. The van der Waals surface area contributed by atoms with Gasteiger partial charge in [0.2, 0.25) is 0 Å². The number of phenols is 1. The summed E-state index contributed by atoms with van der Waals surface area (Å²) in [6.45, 7) is 4.96. The number of aromatic hydroxyl groups is 1. The van der Waals surface area contributed by atoms with Gasteiger partial charge in [-0.2, -0.15) is 0 Å². The van der Waals surface area contributed by atoms with Crippen LogP contribution in [0, 0.1) is 0 Å². The van der Waals surface area contributed by atoms with Crippen LogP contribution in [-0.2, 0) is 0 Å². The maximum Gasteiger partial charge on any atom is 0.163 e. The molecule has 0 aliphatic heterocycles. The molecule has 2 aromatic rings. The highest BCUT2D eigenvalue weighted by Crippen LogP contribution is 2.32. The molecule has 0 aromatic heterocycles. The summed E-state index contributed by atoms with van der Waals surface area (Å²) in [6.07, 6.45) is 1.59. The lowest BCUT2D eigenvalue weighted by Gasteiger charge is -2.11. The SMILES string of the molecule is CCOc1ccc(N=Cc2cc(OC)ccc2O)cc1OCC. The van der Waals surface area contributed by atoms with E-state index in [-0.39, 0.29) is 5.75 Å². The van der Waals surface area contributed by atoms with Gasteiger partial charge in [0.25, 0.3) is 0 Å². The molecule has 0 aliphatic rings. The fourth-order valence-electron chi connectivity index (χ4n) is 2.03. The van der Waals surface area contributed by atoms with Gasteiger partial charge in [-0.15, -0.1) is 0 Å². The third-order valence-electron chi connectivity index (χ3n) is 3.11. The average molecular weight is 315 g/mol. The molecule has 0 aliphatic carbocycles. The highest BCUT2D eigenvalue weighted by Gasteiger charge is 2.06. The lowest BCUT2D eigenvalue weighted by Crippen LogP contribution is -1.97. The molecule has 23 heavy (non-hydrogen) atoms. The third-order valence-corrected chi connectivity index (χ3v) is 3.11. The van der Waals surface area contributed by atoms with Crippen molar-refractivity contribution in [2.24, 2.45) is 4.99 Å². The van der Waals surface area contributed by atoms with Gasteiger partial charge in [-0.25, -0.2) is 0 Å². The minimum Gasteiger partial charge on any atom is -0.507 e. The summed E-state index contributed by atoms with van der Waals surface area (Å²) in [4.78, 5) is 4.38. The highest BCUT2D eigenvalue weighted by molar-refractivity contribution is 5.86. The van der Waals surface area contributed by atoms with Gasteiger partial charge < -0.3 is 19.3 Å². The van der Waals surface area contributed by atoms with E-state index in [1.807, 2.05) is 32.0 Å². The van der Waals surface area contributed by atoms with E-state index in [9.17, 15) is 5.11 Å². The predicted octanol–water partition coefficient (Wildman–Crippen LogP) is 3.95. The number of hydrogen-bond acceptors (Lipinski definition) is 5. The first kappa shape index (κ1) is 16.7. The summed E-state index contributed by atoms with van der Waals surface area (Å²) in [7, 11) is 1.58. The molecule has 2 rings (SSSR count). The van der Waals surface area contributed by atoms with Crippen molar-refractivity contribution in [2.75, 3.05) is 20.3 Å². The molecule has 2 aromatic carbocycles. The fourth-order valence-corrected chi connectivity index (χ4v) is 2.03. The van der Waals surface area contributed by atoms with Crippen LogP contribution in [0.1, 0.15) is 19.4 Å². The monoisotopic (exact) mass is 315 g/mol. The Labute approximate surface area is 136 Å². The second-order valence-electron chi connectivity index (χ2n) is 4.68. The molecule has 0 saturated heterocycles. The average Bonchev–Trinajstić information content (AvgIpc) is 2.56. The van der Waals surface area contributed by atoms with E-state index in [2.05, 4.69) is 4.99 Å². The summed E-state index contributed by atoms with van der Waals surface area (Å²) < 4.78 is 16.2. The zero-order chi connectivity index (χ0) is 16.7. The van der Waals surface area contributed by atoms with E-state index in [0.29, 0.717) is 41.7 Å². The standard InChI is InChI=1S/C18H21NO4/c1-4-22-17-9-6-14(11-18(17)23-5-2)19-12-13-10-15(21-3)7-8-16(13)20/h6-12,20H,4-5H2,1-3H3. The van der Waals surface area contributed by atoms with Crippen molar-refractivity contribution >= 4 is 11.9 Å². The number of rotatable bonds is 7. The number of methoxy groups -OCH3 is 1. The summed E-state index contributed by atoms with van der Waals surface area (Å²) in [5.41, 5.74) is 1.29. The Morgan fingerprint density at radius 3 is 2.43 bits per heavy atom. The minimum absolute atomic E-state index is 0.144. The van der Waals surface area contributed by atoms with Gasteiger partial charge >= 0.3 is 0 Å². The van der Waals surface area contributed by atoms with Crippen molar-refractivity contribution in [3.8, 4) is 23.0 Å². The molecule has 0 bridgehead atoms. The van der Waals surface area contributed by atoms with Crippen molar-refractivity contribution in [3.05, 3.63) is 42.0 Å². The van der Waals surface area contributed by atoms with E-state index in [1.165, 1.54) is 0 Å². The van der Waals surface area contributed by atoms with Crippen LogP contribution >= 0.6 is 0 Å². The number of aliphatic imine (C=N–C) groups is 1. The molecule has 0 heterocycles. The lowest BCUT2D eigenvalue weighted by molar-refractivity contribution is 0.288. The van der Waals surface area contributed by atoms with Gasteiger partial charge in [-0.3, -0.25) is 4.99 Å². The summed E-state index contributed by atoms with van der Waals surface area (Å²) >= 11 is 0. The molecule has 5 nitrogen and oxygen atoms in total. The molecule has 0 fully saturated rings. The Morgan fingerprint density at radius 1 is 1.00 bits per heavy atom. The lowest BCUT2D eigenvalue weighted by atomic mass is 10.2. The topological polar surface area (TPSA) is 60.3 Å². The van der Waals surface area contributed by atoms with Crippen LogP contribution in [-0.4, -0.2) is 31.6 Å². The van der Waals surface area contributed by atoms with Crippen LogP contribution < -0.4 is 14.2 Å². The molecule has 0 spiro atoms. The van der Waals surface area contributed by atoms with Crippen molar-refractivity contribution in [1.29, 1.82) is 0 Å². The first-order chi connectivity index (χ1) is 11.2. The molecular weight excluding hydrogens is 294 g/mol. The second-order valence-corrected chi connectivity index (χ2v) is 4.68. The Balaban J connectivity index is 2.27. The summed E-state index contributed by atoms with van der Waals surface area (Å²) in [6, 6.07) is 10.5. The van der Waals surface area contributed by atoms with Crippen molar-refractivity contribution in [1.82, 2.24) is 0 Å². The maximum atomic E-state index is 9.87. The first-order valence-corrected chi connectivity index (χ1v) is 7.48. The number of nitrogens with zero attached hydrogens (tertiary/aromatic N) is 1. The largest absolute Gasteiger partial charge is 0.507 e. The van der Waals surface area contributed by atoms with E-state index in [4.69, 9.17) is 14.2 Å². The smallest absolute Gasteiger partial charge is 0.163 e. The number of ether oxygens (including phenoxy) is 3. The number of benzene rings is 2. The Bertz CT molecular complexity index is 683. The van der Waals surface area contributed by atoms with Gasteiger partial charge in [0.05, 0.1) is 26.0 Å². The molecule has 0 amide bonds. The molecule has 0 radical (unpaired) electrons. The summed E-state index contributed by atoms with van der Waals surface area (Å²) in [5, 5.41) is 9.87. The first-order valence-electron chi connectivity index (χ1n) is 7.48. The van der Waals surface area contributed by atoms with Crippen LogP contribution in [0.15, 0.2) is 41.4 Å². The normalized spacial score (nSPS) is 10.7. The molecule has 0 saturated carbocycles. The Hall–Kier alpha value is -2.69. The van der Waals surface area contributed by atoms with Crippen molar-refractivity contribution in [2.45, 2.75) is 13.8 Å². The Kier molecular flexibility index (Phi) is 5.86. The highest BCUT2D eigenvalue weighted by atomic mass is 16.5. The van der Waals surface area contributed by atoms with Crippen LogP contribution in [0.25, 0.3) is 0 Å². The number of phenolic OH excluding ortho intramolecular Hbond substituents is 1. The van der Waals surface area contributed by atoms with E-state index in [0.717, 1.165) is 0 Å². The molecule has 122 valence electrons. The van der Waals surface area contributed by atoms with Crippen molar-refractivity contribution in [3.63, 3.8) is 0 Å². The van der Waals surface area contributed by atoms with Crippen LogP contribution in [0.5, 0.6) is 23.0 Å². The van der Waals surface area contributed by atoms with Gasteiger partial charge in [0, 0.05) is 17.8 Å². The third kappa shape index (κ3) is 4.39. The van der Waals surface area contributed by atoms with E-state index < -0.39 is 0 Å². The predicted molar refractivity (Wildman–Crippen MR) is 90.7 cm³/mol. The van der Waals surface area contributed by atoms with Crippen LogP contribution in [0.2, 0.25) is 0 Å². The second kappa shape index (κ2) is 8.08. The van der Waals surface area contributed by atoms with E-state index >= 15 is 0 Å². The maximum absolute atomic E-state index is 9.87. The van der Waals surface area contributed by atoms with Gasteiger partial charge in [0.15, 0.2) is 11.5 Å². The summed E-state index contributed by atoms with van der Waals surface area (Å²) in [5.74, 6) is 2.15. The van der Waals surface area contributed by atoms with Gasteiger partial charge in [-0.05, 0) is 44.2 Å². The number of hydrogen-bond donors (Lipinski definition) is 1. The van der Waals surface area contributed by atoms with Crippen LogP contribution in [0.4, 0.5) is 5.69 Å². The van der Waals surface area contributed by atoms with Gasteiger partial charge in [0.1, 0.15) is 11.5 Å². The molecule has 0 unspecified atom stereocenters. The minimum atomic E-state index is 0.144. The fraction of sp³-hybridized carbons (Fsp3) is 0.278. The molecule has 0 atom stereocenters. The van der Waals surface area contributed by atoms with E-state index in [1.54, 1.807) is 31.5 Å². The Morgan fingerprint density at radius 2 is 1.74 bits per heavy atom. The van der Waals surface area contributed by atoms with Gasteiger partial charge in [-0.1, -0.05) is 0 Å². The molecular formula is C18H21NO4. The molecule has 1 N–H and O–H groups in total. The molecule has 5 heteroatoms. The zero-order valence-corrected chi connectivity index (χ0v) is 13.6. The van der Waals surface area contributed by atoms with Crippen LogP contribution in [0.3, 0.4) is 0 Å².